The number of unbranched alkanes of at least 4 members (excludes halogenated alkanes) is 13. The third-order valence-electron chi connectivity index (χ3n) is 5.93. The van der Waals surface area contributed by atoms with Crippen LogP contribution >= 0.6 is 0 Å². The lowest BCUT2D eigenvalue weighted by atomic mass is 9.97. The highest BCUT2D eigenvalue weighted by Gasteiger charge is 2.10. The SMILES string of the molecule is CCCCCCCCCCCCCCCCOc1ccc(N)cc1C(C)CC. The van der Waals surface area contributed by atoms with E-state index in [2.05, 4.69) is 26.8 Å². The van der Waals surface area contributed by atoms with Gasteiger partial charge in [0.1, 0.15) is 5.75 Å². The summed E-state index contributed by atoms with van der Waals surface area (Å²) >= 11 is 0. The van der Waals surface area contributed by atoms with Gasteiger partial charge in [-0.3, -0.25) is 0 Å². The fourth-order valence-electron chi connectivity index (χ4n) is 3.78. The number of anilines is 1. The molecule has 162 valence electrons. The minimum atomic E-state index is 0.495. The molecule has 0 spiro atoms. The number of nitrogen functional groups attached to an aromatic ring is 1. The highest BCUT2D eigenvalue weighted by Crippen LogP contribution is 2.30. The molecule has 0 amide bonds. The Balaban J connectivity index is 1.97. The Morgan fingerprint density at radius 1 is 0.750 bits per heavy atom. The second-order valence-electron chi connectivity index (χ2n) is 8.55. The van der Waals surface area contributed by atoms with Crippen molar-refractivity contribution in [1.82, 2.24) is 0 Å². The second-order valence-corrected chi connectivity index (χ2v) is 8.55. The molecule has 1 aromatic rings. The highest BCUT2D eigenvalue weighted by molar-refractivity contribution is 5.49. The van der Waals surface area contributed by atoms with Crippen molar-refractivity contribution < 1.29 is 4.74 Å². The third-order valence-corrected chi connectivity index (χ3v) is 5.93. The van der Waals surface area contributed by atoms with Crippen LogP contribution in [0.2, 0.25) is 0 Å². The molecule has 1 rings (SSSR count). The van der Waals surface area contributed by atoms with Gasteiger partial charge in [0.2, 0.25) is 0 Å². The van der Waals surface area contributed by atoms with E-state index < -0.39 is 0 Å². The molecule has 2 nitrogen and oxygen atoms in total. The van der Waals surface area contributed by atoms with Gasteiger partial charge in [0, 0.05) is 5.69 Å². The van der Waals surface area contributed by atoms with E-state index in [9.17, 15) is 0 Å². The summed E-state index contributed by atoms with van der Waals surface area (Å²) in [4.78, 5) is 0. The van der Waals surface area contributed by atoms with Crippen LogP contribution in [-0.2, 0) is 0 Å². The van der Waals surface area contributed by atoms with Gasteiger partial charge in [-0.2, -0.15) is 0 Å². The number of ether oxygens (including phenoxy) is 1. The smallest absolute Gasteiger partial charge is 0.122 e. The van der Waals surface area contributed by atoms with Crippen LogP contribution in [0.15, 0.2) is 18.2 Å². The minimum Gasteiger partial charge on any atom is -0.493 e. The van der Waals surface area contributed by atoms with Crippen LogP contribution in [0.1, 0.15) is 129 Å². The number of hydrogen-bond acceptors (Lipinski definition) is 2. The fraction of sp³-hybridized carbons (Fsp3) is 0.769. The molecule has 0 bridgehead atoms. The van der Waals surface area contributed by atoms with E-state index >= 15 is 0 Å². The second kappa shape index (κ2) is 16.7. The first-order valence-corrected chi connectivity index (χ1v) is 12.2. The summed E-state index contributed by atoms with van der Waals surface area (Å²) in [6.07, 6.45) is 20.6. The van der Waals surface area contributed by atoms with Crippen molar-refractivity contribution in [2.45, 2.75) is 123 Å². The molecule has 0 saturated carbocycles. The molecule has 0 aromatic heterocycles. The van der Waals surface area contributed by atoms with Crippen LogP contribution in [0.5, 0.6) is 5.75 Å². The molecule has 0 aliphatic rings. The van der Waals surface area contributed by atoms with Crippen molar-refractivity contribution in [3.63, 3.8) is 0 Å². The average molecular weight is 390 g/mol. The van der Waals surface area contributed by atoms with Gasteiger partial charge < -0.3 is 10.5 Å². The third kappa shape index (κ3) is 11.6. The van der Waals surface area contributed by atoms with E-state index in [1.165, 1.54) is 89.0 Å². The molecule has 2 heteroatoms. The lowest BCUT2D eigenvalue weighted by Gasteiger charge is -2.16. The van der Waals surface area contributed by atoms with Crippen LogP contribution in [-0.4, -0.2) is 6.61 Å². The Labute approximate surface area is 175 Å². The standard InChI is InChI=1S/C26H47NO/c1-4-6-7-8-9-10-11-12-13-14-15-16-17-18-21-28-26-20-19-24(27)22-25(26)23(3)5-2/h19-20,22-23H,4-18,21,27H2,1-3H3. The summed E-state index contributed by atoms with van der Waals surface area (Å²) in [6.45, 7) is 7.57. The van der Waals surface area contributed by atoms with Crippen molar-refractivity contribution >= 4 is 5.69 Å². The first-order valence-electron chi connectivity index (χ1n) is 12.2. The molecule has 0 radical (unpaired) electrons. The Morgan fingerprint density at radius 2 is 1.25 bits per heavy atom. The summed E-state index contributed by atoms with van der Waals surface area (Å²) in [5.74, 6) is 1.52. The zero-order valence-corrected chi connectivity index (χ0v) is 19.1. The molecule has 1 atom stereocenters. The Morgan fingerprint density at radius 3 is 1.75 bits per heavy atom. The summed E-state index contributed by atoms with van der Waals surface area (Å²) in [7, 11) is 0. The van der Waals surface area contributed by atoms with Gasteiger partial charge in [-0.05, 0) is 42.5 Å². The van der Waals surface area contributed by atoms with E-state index in [1.807, 2.05) is 12.1 Å². The van der Waals surface area contributed by atoms with Crippen LogP contribution in [0.3, 0.4) is 0 Å². The maximum Gasteiger partial charge on any atom is 0.122 e. The predicted molar refractivity (Wildman–Crippen MR) is 125 cm³/mol. The van der Waals surface area contributed by atoms with Gasteiger partial charge in [0.25, 0.3) is 0 Å². The molecule has 0 fully saturated rings. The lowest BCUT2D eigenvalue weighted by molar-refractivity contribution is 0.299. The zero-order chi connectivity index (χ0) is 20.5. The van der Waals surface area contributed by atoms with Crippen molar-refractivity contribution in [2.24, 2.45) is 0 Å². The van der Waals surface area contributed by atoms with Crippen molar-refractivity contribution in [2.75, 3.05) is 12.3 Å². The zero-order valence-electron chi connectivity index (χ0n) is 19.1. The molecular weight excluding hydrogens is 342 g/mol. The molecule has 2 N–H and O–H groups in total. The van der Waals surface area contributed by atoms with E-state index in [0.29, 0.717) is 5.92 Å². The van der Waals surface area contributed by atoms with E-state index in [4.69, 9.17) is 10.5 Å². The molecule has 1 aromatic carbocycles. The van der Waals surface area contributed by atoms with E-state index in [1.54, 1.807) is 0 Å². The molecule has 0 saturated heterocycles. The average Bonchev–Trinajstić information content (AvgIpc) is 2.71. The van der Waals surface area contributed by atoms with Crippen LogP contribution in [0, 0.1) is 0 Å². The number of hydrogen-bond donors (Lipinski definition) is 1. The summed E-state index contributed by atoms with van der Waals surface area (Å²) in [6, 6.07) is 6.07. The summed E-state index contributed by atoms with van der Waals surface area (Å²) < 4.78 is 6.07. The van der Waals surface area contributed by atoms with Gasteiger partial charge in [-0.15, -0.1) is 0 Å². The summed E-state index contributed by atoms with van der Waals surface area (Å²) in [5, 5.41) is 0. The number of nitrogens with two attached hydrogens (primary N) is 1. The Hall–Kier alpha value is -1.18. The van der Waals surface area contributed by atoms with Crippen LogP contribution in [0.4, 0.5) is 5.69 Å². The predicted octanol–water partition coefficient (Wildman–Crippen LogP) is 8.64. The van der Waals surface area contributed by atoms with E-state index in [-0.39, 0.29) is 0 Å². The monoisotopic (exact) mass is 389 g/mol. The largest absolute Gasteiger partial charge is 0.493 e. The molecule has 0 aliphatic carbocycles. The van der Waals surface area contributed by atoms with Gasteiger partial charge in [-0.25, -0.2) is 0 Å². The van der Waals surface area contributed by atoms with Crippen molar-refractivity contribution in [3.05, 3.63) is 23.8 Å². The van der Waals surface area contributed by atoms with Gasteiger partial charge in [-0.1, -0.05) is 104 Å². The van der Waals surface area contributed by atoms with Crippen LogP contribution in [0.25, 0.3) is 0 Å². The van der Waals surface area contributed by atoms with E-state index in [0.717, 1.165) is 30.9 Å². The van der Waals surface area contributed by atoms with Crippen molar-refractivity contribution in [1.29, 1.82) is 0 Å². The Bertz CT molecular complexity index is 485. The van der Waals surface area contributed by atoms with Crippen molar-refractivity contribution in [3.8, 4) is 5.75 Å². The molecule has 0 aliphatic heterocycles. The molecule has 1 unspecified atom stereocenters. The normalized spacial score (nSPS) is 12.2. The maximum absolute atomic E-state index is 6.07. The molecule has 0 heterocycles. The highest BCUT2D eigenvalue weighted by atomic mass is 16.5. The summed E-state index contributed by atoms with van der Waals surface area (Å²) in [5.41, 5.74) is 8.04. The maximum atomic E-state index is 6.07. The first kappa shape index (κ1) is 24.9. The van der Waals surface area contributed by atoms with Gasteiger partial charge in [0.05, 0.1) is 6.61 Å². The number of benzene rings is 1. The fourth-order valence-corrected chi connectivity index (χ4v) is 3.78. The molecular formula is C26H47NO. The molecule has 28 heavy (non-hydrogen) atoms. The topological polar surface area (TPSA) is 35.2 Å². The Kier molecular flexibility index (Phi) is 14.9. The lowest BCUT2D eigenvalue weighted by Crippen LogP contribution is -2.03. The van der Waals surface area contributed by atoms with Gasteiger partial charge >= 0.3 is 0 Å². The number of rotatable bonds is 18. The quantitative estimate of drug-likeness (QED) is 0.201. The van der Waals surface area contributed by atoms with Crippen LogP contribution < -0.4 is 10.5 Å². The van der Waals surface area contributed by atoms with Gasteiger partial charge in [0.15, 0.2) is 0 Å². The minimum absolute atomic E-state index is 0.495. The first-order chi connectivity index (χ1) is 13.7.